The monoisotopic (exact) mass is 719 g/mol. The number of quaternary nitrogens is 1. The number of hydrogen-bond donors (Lipinski definition) is 0. The van der Waals surface area contributed by atoms with Crippen molar-refractivity contribution in [2.24, 2.45) is 0 Å². The van der Waals surface area contributed by atoms with Crippen LogP contribution in [0, 0.1) is 0 Å². The second-order valence-electron chi connectivity index (χ2n) is 13.2. The van der Waals surface area contributed by atoms with Crippen molar-refractivity contribution in [3.8, 4) is 0 Å². The normalized spacial score (nSPS) is 26.1. The maximum absolute atomic E-state index is 13.8. The van der Waals surface area contributed by atoms with E-state index in [0.717, 1.165) is 49.9 Å². The van der Waals surface area contributed by atoms with Gasteiger partial charge >= 0.3 is 18.4 Å². The minimum absolute atomic E-state index is 0. The molecule has 2 bridgehead atoms. The van der Waals surface area contributed by atoms with Crippen molar-refractivity contribution in [1.82, 2.24) is 9.80 Å². The quantitative estimate of drug-likeness (QED) is 0.213. The Morgan fingerprint density at radius 1 is 0.787 bits per heavy atom. The van der Waals surface area contributed by atoms with E-state index in [4.69, 9.17) is 23.2 Å². The summed E-state index contributed by atoms with van der Waals surface area (Å²) in [6.07, 6.45) is -6.29. The zero-order chi connectivity index (χ0) is 33.1. The van der Waals surface area contributed by atoms with Crippen LogP contribution in [-0.4, -0.2) is 60.1 Å². The first-order valence-electron chi connectivity index (χ1n) is 15.2. The lowest BCUT2D eigenvalue weighted by molar-refractivity contribution is -0.944. The second kappa shape index (κ2) is 12.7. The second-order valence-corrected chi connectivity index (χ2v) is 14.0. The summed E-state index contributed by atoms with van der Waals surface area (Å²) in [6.45, 7) is 3.34. The van der Waals surface area contributed by atoms with E-state index in [0.29, 0.717) is 34.2 Å². The van der Waals surface area contributed by atoms with Gasteiger partial charge < -0.3 is 26.7 Å². The third-order valence-corrected chi connectivity index (χ3v) is 11.4. The van der Waals surface area contributed by atoms with Crippen LogP contribution in [0.5, 0.6) is 0 Å². The fraction of sp³-hybridized carbons (Fsp3) is 0.441. The molecule has 0 radical (unpaired) electrons. The predicted octanol–water partition coefficient (Wildman–Crippen LogP) is 6.14. The van der Waals surface area contributed by atoms with Gasteiger partial charge in [-0.2, -0.15) is 26.3 Å². The highest BCUT2D eigenvalue weighted by molar-refractivity contribution is 6.42. The van der Waals surface area contributed by atoms with Gasteiger partial charge in [0.05, 0.1) is 59.4 Å². The number of amides is 2. The Bertz CT molecular complexity index is 1580. The molecule has 47 heavy (non-hydrogen) atoms. The van der Waals surface area contributed by atoms with Crippen LogP contribution in [-0.2, 0) is 29.9 Å². The van der Waals surface area contributed by atoms with Gasteiger partial charge in [-0.1, -0.05) is 59.6 Å². The number of hydrogen-bond acceptors (Lipinski definition) is 1. The Kier molecular flexibility index (Phi) is 9.60. The van der Waals surface area contributed by atoms with E-state index in [-0.39, 0.29) is 36.0 Å². The van der Waals surface area contributed by atoms with Crippen molar-refractivity contribution < 1.29 is 48.0 Å². The molecule has 0 spiro atoms. The highest BCUT2D eigenvalue weighted by Gasteiger charge is 2.54. The predicted molar refractivity (Wildman–Crippen MR) is 164 cm³/mol. The van der Waals surface area contributed by atoms with Crippen molar-refractivity contribution in [2.45, 2.75) is 55.5 Å². The van der Waals surface area contributed by atoms with E-state index in [1.54, 1.807) is 30.1 Å². The summed E-state index contributed by atoms with van der Waals surface area (Å²) < 4.78 is 82.4. The molecule has 4 nitrogen and oxygen atoms in total. The van der Waals surface area contributed by atoms with Crippen LogP contribution in [0.25, 0.3) is 0 Å². The summed E-state index contributed by atoms with van der Waals surface area (Å²) in [5, 5.41) is 0.625. The minimum atomic E-state index is -4.99. The lowest BCUT2D eigenvalue weighted by Gasteiger charge is -2.56. The maximum atomic E-state index is 13.8. The van der Waals surface area contributed by atoms with Gasteiger partial charge in [-0.3, -0.25) is 0 Å². The fourth-order valence-electron chi connectivity index (χ4n) is 7.85. The Balaban J connectivity index is 0.00000433. The molecule has 4 fully saturated rings. The van der Waals surface area contributed by atoms with Crippen molar-refractivity contribution in [2.75, 3.05) is 39.8 Å². The van der Waals surface area contributed by atoms with Gasteiger partial charge in [0.2, 0.25) is 0 Å². The first-order chi connectivity index (χ1) is 21.6. The molecular formula is C34H34Cl3F6N3O. The van der Waals surface area contributed by atoms with Crippen LogP contribution in [0.4, 0.5) is 31.1 Å². The van der Waals surface area contributed by atoms with Crippen molar-refractivity contribution in [1.29, 1.82) is 0 Å². The molecule has 0 aromatic heterocycles. The van der Waals surface area contributed by atoms with Gasteiger partial charge in [0.15, 0.2) is 0 Å². The van der Waals surface area contributed by atoms with E-state index in [2.05, 4.69) is 24.3 Å². The third kappa shape index (κ3) is 6.67. The smallest absolute Gasteiger partial charge is 0.416 e. The molecule has 254 valence electrons. The molecule has 2 amide bonds. The number of carbonyl (C=O) groups is 1. The van der Waals surface area contributed by atoms with Gasteiger partial charge in [-0.25, -0.2) is 4.79 Å². The molecule has 0 aliphatic carbocycles. The summed E-state index contributed by atoms with van der Waals surface area (Å²) >= 11 is 12.7. The highest BCUT2D eigenvalue weighted by Crippen LogP contribution is 2.48. The molecule has 13 heteroatoms. The van der Waals surface area contributed by atoms with E-state index >= 15 is 0 Å². The topological polar surface area (TPSA) is 23.6 Å². The number of halogens is 9. The lowest BCUT2D eigenvalue weighted by atomic mass is 9.66. The summed E-state index contributed by atoms with van der Waals surface area (Å²) in [4.78, 5) is 16.6. The van der Waals surface area contributed by atoms with Crippen LogP contribution in [0.3, 0.4) is 0 Å². The molecule has 4 heterocycles. The average molecular weight is 721 g/mol. The van der Waals surface area contributed by atoms with Crippen LogP contribution in [0.2, 0.25) is 10.0 Å². The van der Waals surface area contributed by atoms with Gasteiger partial charge in [0.25, 0.3) is 0 Å². The molecule has 4 saturated heterocycles. The molecule has 4 aliphatic rings. The van der Waals surface area contributed by atoms with Gasteiger partial charge in [0, 0.05) is 44.7 Å². The van der Waals surface area contributed by atoms with E-state index in [1.165, 1.54) is 10.5 Å². The fourth-order valence-corrected chi connectivity index (χ4v) is 8.15. The van der Waals surface area contributed by atoms with Gasteiger partial charge in [-0.15, -0.1) is 0 Å². The third-order valence-electron chi connectivity index (χ3n) is 10.7. The molecule has 7 rings (SSSR count). The van der Waals surface area contributed by atoms with Crippen molar-refractivity contribution in [3.05, 3.63) is 105 Å². The largest absolute Gasteiger partial charge is 1.00 e. The molecule has 1 unspecified atom stereocenters. The molecule has 1 atom stereocenters. The molecule has 4 aliphatic heterocycles. The van der Waals surface area contributed by atoms with Crippen LogP contribution in [0.1, 0.15) is 53.5 Å². The molecule has 3 aromatic rings. The molecule has 0 N–H and O–H groups in total. The Morgan fingerprint density at radius 3 is 1.89 bits per heavy atom. The zero-order valence-corrected chi connectivity index (χ0v) is 27.8. The highest BCUT2D eigenvalue weighted by atomic mass is 35.5. The Morgan fingerprint density at radius 2 is 1.36 bits per heavy atom. The van der Waals surface area contributed by atoms with Crippen LogP contribution in [0.15, 0.2) is 66.7 Å². The molecule has 3 aromatic carbocycles. The van der Waals surface area contributed by atoms with Gasteiger partial charge in [-0.05, 0) is 47.0 Å². The van der Waals surface area contributed by atoms with E-state index in [1.807, 2.05) is 6.07 Å². The summed E-state index contributed by atoms with van der Waals surface area (Å²) in [5.41, 5.74) is -1.75. The first-order valence-corrected chi connectivity index (χ1v) is 16.0. The number of piperidine rings is 3. The summed E-state index contributed by atoms with van der Waals surface area (Å²) in [5.74, 6) is 0. The SMILES string of the molecule is CN1C(=O)N(Cc2cc(C(F)(F)F)cc(C(F)(F)F)c2)CC1(CC[N+]12CCC(c3ccccc3)(CC1)CC2)c1ccc(Cl)c(Cl)c1.[Cl-]. The van der Waals surface area contributed by atoms with E-state index in [9.17, 15) is 31.1 Å². The average Bonchev–Trinajstić information content (AvgIpc) is 3.27. The van der Waals surface area contributed by atoms with Gasteiger partial charge in [0.1, 0.15) is 0 Å². The van der Waals surface area contributed by atoms with Crippen LogP contribution < -0.4 is 12.4 Å². The zero-order valence-electron chi connectivity index (χ0n) is 25.6. The lowest BCUT2D eigenvalue weighted by Crippen LogP contribution is -3.00. The summed E-state index contributed by atoms with van der Waals surface area (Å²) in [7, 11) is 1.63. The first kappa shape index (κ1) is 35.6. The van der Waals surface area contributed by atoms with E-state index < -0.39 is 41.6 Å². The number of rotatable bonds is 7. The Labute approximate surface area is 286 Å². The van der Waals surface area contributed by atoms with Crippen molar-refractivity contribution in [3.63, 3.8) is 0 Å². The number of benzene rings is 3. The number of fused-ring (bicyclic) bond motifs is 3. The molecule has 0 saturated carbocycles. The number of urea groups is 1. The summed E-state index contributed by atoms with van der Waals surface area (Å²) in [6, 6.07) is 16.7. The maximum Gasteiger partial charge on any atom is 0.416 e. The van der Waals surface area contributed by atoms with Crippen LogP contribution >= 0.6 is 23.2 Å². The molecular weight excluding hydrogens is 687 g/mol. The number of alkyl halides is 6. The number of likely N-dealkylation sites (N-methyl/N-ethyl adjacent to an activating group) is 1. The minimum Gasteiger partial charge on any atom is -1.00 e. The van der Waals surface area contributed by atoms with Crippen molar-refractivity contribution >= 4 is 29.2 Å². The number of nitrogens with zero attached hydrogens (tertiary/aromatic N) is 3. The number of carbonyl (C=O) groups excluding carboxylic acids is 1. The standard InChI is InChI=1S/C34H34Cl2F6N3O.ClH/c1-43-30(46)44(21-23-17-26(33(37,38)39)19-27(18-23)34(40,41)42)22-32(43,25-7-8-28(35)29(36)20-25)12-16-45-13-9-31(10-14-45,11-15-45)24-5-3-2-4-6-24;/h2-8,17-20H,9-16,21-22H2,1H3;1H/q+1;/p-1. The Hall–Kier alpha value is -2.66.